The number of likely N-dealkylation sites (tertiary alicyclic amines) is 1. The van der Waals surface area contributed by atoms with Gasteiger partial charge in [-0.1, -0.05) is 6.42 Å². The smallest absolute Gasteiger partial charge is 0.275 e. The quantitative estimate of drug-likeness (QED) is 0.618. The van der Waals surface area contributed by atoms with E-state index in [0.29, 0.717) is 18.9 Å². The van der Waals surface area contributed by atoms with Crippen LogP contribution >= 0.6 is 0 Å². The van der Waals surface area contributed by atoms with Crippen LogP contribution in [-0.2, 0) is 0 Å². The molecule has 6 heteroatoms. The van der Waals surface area contributed by atoms with Crippen LogP contribution in [0, 0.1) is 10.1 Å². The Bertz CT molecular complexity index is 473. The van der Waals surface area contributed by atoms with Crippen LogP contribution in [0.4, 0.5) is 11.4 Å². The molecule has 1 aliphatic heterocycles. The Morgan fingerprint density at radius 2 is 2.05 bits per heavy atom. The molecule has 1 aromatic rings. The zero-order valence-electron chi connectivity index (χ0n) is 12.5. The van der Waals surface area contributed by atoms with Gasteiger partial charge in [0.1, 0.15) is 12.4 Å². The van der Waals surface area contributed by atoms with E-state index in [-0.39, 0.29) is 5.69 Å². The molecule has 1 aliphatic rings. The van der Waals surface area contributed by atoms with Gasteiger partial charge in [0, 0.05) is 30.9 Å². The summed E-state index contributed by atoms with van der Waals surface area (Å²) in [4.78, 5) is 12.9. The molecular formula is C15H23N3O3. The standard InChI is InChI=1S/C15H23N3O3/c1-2-16-13-10-14(18(19)20)12-15(11-13)21-9-8-17-6-4-3-5-7-17/h10-12,16H,2-9H2,1H3. The van der Waals surface area contributed by atoms with Crippen molar-refractivity contribution in [3.8, 4) is 5.75 Å². The highest BCUT2D eigenvalue weighted by molar-refractivity contribution is 5.56. The van der Waals surface area contributed by atoms with E-state index in [9.17, 15) is 10.1 Å². The van der Waals surface area contributed by atoms with Gasteiger partial charge in [0.05, 0.1) is 11.0 Å². The van der Waals surface area contributed by atoms with Crippen LogP contribution < -0.4 is 10.1 Å². The number of rotatable bonds is 7. The number of ether oxygens (including phenoxy) is 1. The lowest BCUT2D eigenvalue weighted by atomic mass is 10.1. The molecule has 0 aliphatic carbocycles. The molecule has 0 bridgehead atoms. The normalized spacial score (nSPS) is 15.7. The first kappa shape index (κ1) is 15.6. The summed E-state index contributed by atoms with van der Waals surface area (Å²) in [6.45, 7) is 6.36. The highest BCUT2D eigenvalue weighted by Crippen LogP contribution is 2.26. The molecule has 0 amide bonds. The van der Waals surface area contributed by atoms with E-state index in [2.05, 4.69) is 10.2 Å². The molecule has 1 fully saturated rings. The first-order valence-electron chi connectivity index (χ1n) is 7.57. The zero-order chi connectivity index (χ0) is 15.1. The van der Waals surface area contributed by atoms with Crippen LogP contribution in [0.3, 0.4) is 0 Å². The van der Waals surface area contributed by atoms with Crippen LogP contribution in [-0.4, -0.2) is 42.6 Å². The molecule has 0 atom stereocenters. The molecule has 0 radical (unpaired) electrons. The number of anilines is 1. The van der Waals surface area contributed by atoms with E-state index in [4.69, 9.17) is 4.74 Å². The van der Waals surface area contributed by atoms with Crippen molar-refractivity contribution >= 4 is 11.4 Å². The van der Waals surface area contributed by atoms with E-state index in [0.717, 1.165) is 25.3 Å². The molecule has 1 aromatic carbocycles. The van der Waals surface area contributed by atoms with Crippen molar-refractivity contribution in [1.82, 2.24) is 4.90 Å². The summed E-state index contributed by atoms with van der Waals surface area (Å²) in [5.74, 6) is 0.553. The Kier molecular flexibility index (Phi) is 5.80. The predicted octanol–water partition coefficient (Wildman–Crippen LogP) is 2.89. The maximum atomic E-state index is 10.9. The Balaban J connectivity index is 1.92. The summed E-state index contributed by atoms with van der Waals surface area (Å²) in [7, 11) is 0. The number of nitro groups is 1. The molecule has 1 saturated heterocycles. The van der Waals surface area contributed by atoms with Crippen molar-refractivity contribution in [3.05, 3.63) is 28.3 Å². The van der Waals surface area contributed by atoms with Gasteiger partial charge < -0.3 is 10.1 Å². The summed E-state index contributed by atoms with van der Waals surface area (Å²) in [5, 5.41) is 14.0. The van der Waals surface area contributed by atoms with Crippen molar-refractivity contribution in [2.75, 3.05) is 38.1 Å². The van der Waals surface area contributed by atoms with Crippen LogP contribution in [0.25, 0.3) is 0 Å². The minimum atomic E-state index is -0.391. The average molecular weight is 293 g/mol. The minimum Gasteiger partial charge on any atom is -0.492 e. The molecular weight excluding hydrogens is 270 g/mol. The Morgan fingerprint density at radius 1 is 1.29 bits per heavy atom. The van der Waals surface area contributed by atoms with Crippen molar-refractivity contribution < 1.29 is 9.66 Å². The predicted molar refractivity (Wildman–Crippen MR) is 83.0 cm³/mol. The van der Waals surface area contributed by atoms with E-state index < -0.39 is 4.92 Å². The SMILES string of the molecule is CCNc1cc(OCCN2CCCCC2)cc([N+](=O)[O-])c1. The fourth-order valence-corrected chi connectivity index (χ4v) is 2.55. The maximum absolute atomic E-state index is 10.9. The van der Waals surface area contributed by atoms with Crippen molar-refractivity contribution in [1.29, 1.82) is 0 Å². The minimum absolute atomic E-state index is 0.0569. The number of nitrogens with zero attached hydrogens (tertiary/aromatic N) is 2. The van der Waals surface area contributed by atoms with Gasteiger partial charge >= 0.3 is 0 Å². The Labute approximate surface area is 125 Å². The van der Waals surface area contributed by atoms with Crippen LogP contribution in [0.1, 0.15) is 26.2 Å². The van der Waals surface area contributed by atoms with Gasteiger partial charge in [-0.2, -0.15) is 0 Å². The molecule has 0 saturated carbocycles. The van der Waals surface area contributed by atoms with Crippen LogP contribution in [0.15, 0.2) is 18.2 Å². The third-order valence-electron chi connectivity index (χ3n) is 3.61. The van der Waals surface area contributed by atoms with Gasteiger partial charge in [0.15, 0.2) is 0 Å². The maximum Gasteiger partial charge on any atom is 0.275 e. The summed E-state index contributed by atoms with van der Waals surface area (Å²) in [6.07, 6.45) is 3.82. The third kappa shape index (κ3) is 4.90. The second-order valence-corrected chi connectivity index (χ2v) is 5.25. The molecule has 2 rings (SSSR count). The van der Waals surface area contributed by atoms with E-state index >= 15 is 0 Å². The van der Waals surface area contributed by atoms with Gasteiger partial charge in [0.2, 0.25) is 0 Å². The van der Waals surface area contributed by atoms with E-state index in [1.165, 1.54) is 31.4 Å². The number of non-ortho nitro benzene ring substituents is 1. The molecule has 0 spiro atoms. The lowest BCUT2D eigenvalue weighted by Crippen LogP contribution is -2.33. The molecule has 1 N–H and O–H groups in total. The topological polar surface area (TPSA) is 67.6 Å². The summed E-state index contributed by atoms with van der Waals surface area (Å²) in [6, 6.07) is 4.82. The number of benzene rings is 1. The summed E-state index contributed by atoms with van der Waals surface area (Å²) in [5.41, 5.74) is 0.779. The Morgan fingerprint density at radius 3 is 2.71 bits per heavy atom. The number of piperidine rings is 1. The molecule has 0 unspecified atom stereocenters. The van der Waals surface area contributed by atoms with Crippen LogP contribution in [0.2, 0.25) is 0 Å². The first-order valence-corrected chi connectivity index (χ1v) is 7.57. The summed E-state index contributed by atoms with van der Waals surface area (Å²) >= 11 is 0. The summed E-state index contributed by atoms with van der Waals surface area (Å²) < 4.78 is 5.70. The average Bonchev–Trinajstić information content (AvgIpc) is 2.48. The molecule has 1 heterocycles. The molecule has 116 valence electrons. The van der Waals surface area contributed by atoms with Crippen LogP contribution in [0.5, 0.6) is 5.75 Å². The van der Waals surface area contributed by atoms with E-state index in [1.54, 1.807) is 0 Å². The first-order chi connectivity index (χ1) is 10.2. The van der Waals surface area contributed by atoms with Gasteiger partial charge in [-0.05, 0) is 32.9 Å². The van der Waals surface area contributed by atoms with Gasteiger partial charge in [-0.15, -0.1) is 0 Å². The Hall–Kier alpha value is -1.82. The van der Waals surface area contributed by atoms with Gasteiger partial charge in [-0.25, -0.2) is 0 Å². The largest absolute Gasteiger partial charge is 0.492 e. The third-order valence-corrected chi connectivity index (χ3v) is 3.61. The molecule has 0 aromatic heterocycles. The number of hydrogen-bond donors (Lipinski definition) is 1. The second-order valence-electron chi connectivity index (χ2n) is 5.25. The fraction of sp³-hybridized carbons (Fsp3) is 0.600. The highest BCUT2D eigenvalue weighted by atomic mass is 16.6. The zero-order valence-corrected chi connectivity index (χ0v) is 12.5. The molecule has 21 heavy (non-hydrogen) atoms. The van der Waals surface area contributed by atoms with Crippen molar-refractivity contribution in [2.45, 2.75) is 26.2 Å². The monoisotopic (exact) mass is 293 g/mol. The van der Waals surface area contributed by atoms with Crippen molar-refractivity contribution in [2.24, 2.45) is 0 Å². The molecule has 6 nitrogen and oxygen atoms in total. The fourth-order valence-electron chi connectivity index (χ4n) is 2.55. The number of hydrogen-bond acceptors (Lipinski definition) is 5. The lowest BCUT2D eigenvalue weighted by Gasteiger charge is -2.26. The van der Waals surface area contributed by atoms with E-state index in [1.807, 2.05) is 13.0 Å². The van der Waals surface area contributed by atoms with Gasteiger partial charge in [-0.3, -0.25) is 15.0 Å². The highest BCUT2D eigenvalue weighted by Gasteiger charge is 2.12. The van der Waals surface area contributed by atoms with Crippen molar-refractivity contribution in [3.63, 3.8) is 0 Å². The second kappa shape index (κ2) is 7.83. The van der Waals surface area contributed by atoms with Gasteiger partial charge in [0.25, 0.3) is 5.69 Å². The lowest BCUT2D eigenvalue weighted by molar-refractivity contribution is -0.384. The number of nitro benzene ring substituents is 1. The number of nitrogens with one attached hydrogen (secondary N) is 1.